The van der Waals surface area contributed by atoms with E-state index in [-0.39, 0.29) is 17.1 Å². The van der Waals surface area contributed by atoms with Gasteiger partial charge in [-0.05, 0) is 44.1 Å². The number of hydrogen-bond donors (Lipinski definition) is 0. The van der Waals surface area contributed by atoms with Crippen molar-refractivity contribution < 1.29 is 4.79 Å². The van der Waals surface area contributed by atoms with E-state index in [4.69, 9.17) is 0 Å². The predicted molar refractivity (Wildman–Crippen MR) is 73.8 cm³/mol. The van der Waals surface area contributed by atoms with Crippen LogP contribution in [0.2, 0.25) is 0 Å². The lowest BCUT2D eigenvalue weighted by Crippen LogP contribution is -2.21. The molecule has 0 spiro atoms. The van der Waals surface area contributed by atoms with Gasteiger partial charge in [-0.2, -0.15) is 0 Å². The molecule has 1 unspecified atom stereocenters. The van der Waals surface area contributed by atoms with E-state index in [1.165, 1.54) is 11.1 Å². The summed E-state index contributed by atoms with van der Waals surface area (Å²) in [5, 5.41) is 0. The number of ketones is 1. The molecule has 94 valence electrons. The second-order valence-electron chi connectivity index (χ2n) is 5.63. The average Bonchev–Trinajstić information content (AvgIpc) is 2.21. The van der Waals surface area contributed by atoms with E-state index in [9.17, 15) is 4.79 Å². The maximum atomic E-state index is 11.6. The van der Waals surface area contributed by atoms with Gasteiger partial charge in [0.15, 0.2) is 0 Å². The maximum Gasteiger partial charge on any atom is 0.136 e. The number of carbonyl (C=O) groups excluding carboxylic acids is 1. The molecule has 1 aliphatic rings. The van der Waals surface area contributed by atoms with E-state index >= 15 is 0 Å². The first kappa shape index (κ1) is 14.0. The van der Waals surface area contributed by atoms with Gasteiger partial charge in [0.1, 0.15) is 5.78 Å². The van der Waals surface area contributed by atoms with Gasteiger partial charge in [0, 0.05) is 5.92 Å². The molecular weight excluding hydrogens is 208 g/mol. The van der Waals surface area contributed by atoms with E-state index in [1.54, 1.807) is 6.92 Å². The summed E-state index contributed by atoms with van der Waals surface area (Å²) >= 11 is 0. The summed E-state index contributed by atoms with van der Waals surface area (Å²) in [5.74, 6) is 0.217. The lowest BCUT2D eigenvalue weighted by atomic mass is 9.72. The van der Waals surface area contributed by atoms with Gasteiger partial charge in [-0.25, -0.2) is 0 Å². The van der Waals surface area contributed by atoms with Gasteiger partial charge in [-0.15, -0.1) is 6.58 Å². The summed E-state index contributed by atoms with van der Waals surface area (Å²) in [6, 6.07) is 0. The van der Waals surface area contributed by atoms with E-state index in [0.29, 0.717) is 0 Å². The Kier molecular flexibility index (Phi) is 4.50. The first-order valence-corrected chi connectivity index (χ1v) is 6.39. The zero-order valence-corrected chi connectivity index (χ0v) is 11.5. The summed E-state index contributed by atoms with van der Waals surface area (Å²) in [4.78, 5) is 11.6. The van der Waals surface area contributed by atoms with Gasteiger partial charge in [0.25, 0.3) is 0 Å². The molecule has 0 saturated carbocycles. The fraction of sp³-hybridized carbons (Fsp3) is 0.562. The van der Waals surface area contributed by atoms with Crippen LogP contribution in [0.25, 0.3) is 0 Å². The Bertz CT molecular complexity index is 369. The highest BCUT2D eigenvalue weighted by Crippen LogP contribution is 2.41. The van der Waals surface area contributed by atoms with Crippen molar-refractivity contribution in [2.45, 2.75) is 47.0 Å². The molecule has 1 rings (SSSR count). The highest BCUT2D eigenvalue weighted by molar-refractivity contribution is 5.80. The average molecular weight is 232 g/mol. The van der Waals surface area contributed by atoms with Crippen LogP contribution >= 0.6 is 0 Å². The topological polar surface area (TPSA) is 17.1 Å². The molecule has 0 bridgehead atoms. The minimum Gasteiger partial charge on any atom is -0.299 e. The van der Waals surface area contributed by atoms with E-state index < -0.39 is 0 Å². The third-order valence-corrected chi connectivity index (χ3v) is 3.68. The van der Waals surface area contributed by atoms with Gasteiger partial charge in [-0.1, -0.05) is 37.6 Å². The second kappa shape index (κ2) is 5.48. The Morgan fingerprint density at radius 2 is 2.24 bits per heavy atom. The third-order valence-electron chi connectivity index (χ3n) is 3.68. The molecule has 0 saturated heterocycles. The Morgan fingerprint density at radius 1 is 1.59 bits per heavy atom. The monoisotopic (exact) mass is 232 g/mol. The number of rotatable bonds is 4. The molecular formula is C16H24O. The van der Waals surface area contributed by atoms with Crippen LogP contribution < -0.4 is 0 Å². The zero-order valence-electron chi connectivity index (χ0n) is 11.5. The first-order chi connectivity index (χ1) is 7.88. The molecule has 0 amide bonds. The smallest absolute Gasteiger partial charge is 0.136 e. The Labute approximate surface area is 105 Å². The third kappa shape index (κ3) is 3.42. The van der Waals surface area contributed by atoms with Crippen LogP contribution in [0.15, 0.2) is 36.0 Å². The molecule has 1 nitrogen and oxygen atoms in total. The van der Waals surface area contributed by atoms with Crippen LogP contribution in [-0.2, 0) is 4.79 Å². The highest BCUT2D eigenvalue weighted by Gasteiger charge is 2.28. The van der Waals surface area contributed by atoms with Gasteiger partial charge < -0.3 is 0 Å². The summed E-state index contributed by atoms with van der Waals surface area (Å²) in [7, 11) is 0. The minimum absolute atomic E-state index is 0.0109. The van der Waals surface area contributed by atoms with Crippen molar-refractivity contribution in [3.63, 3.8) is 0 Å². The highest BCUT2D eigenvalue weighted by atomic mass is 16.1. The van der Waals surface area contributed by atoms with E-state index in [1.807, 2.05) is 6.08 Å². The van der Waals surface area contributed by atoms with Crippen LogP contribution in [-0.4, -0.2) is 5.78 Å². The van der Waals surface area contributed by atoms with E-state index in [2.05, 4.69) is 39.5 Å². The van der Waals surface area contributed by atoms with Crippen molar-refractivity contribution in [1.29, 1.82) is 0 Å². The summed E-state index contributed by atoms with van der Waals surface area (Å²) in [6.45, 7) is 12.1. The molecule has 0 radical (unpaired) electrons. The quantitative estimate of drug-likeness (QED) is 0.654. The van der Waals surface area contributed by atoms with Gasteiger partial charge in [-0.3, -0.25) is 4.79 Å². The van der Waals surface area contributed by atoms with Crippen molar-refractivity contribution in [1.82, 2.24) is 0 Å². The van der Waals surface area contributed by atoms with Crippen molar-refractivity contribution in [2.75, 3.05) is 0 Å². The summed E-state index contributed by atoms with van der Waals surface area (Å²) < 4.78 is 0. The summed E-state index contributed by atoms with van der Waals surface area (Å²) in [6.07, 6.45) is 9.31. The lowest BCUT2D eigenvalue weighted by molar-refractivity contribution is -0.119. The molecule has 0 fully saturated rings. The molecule has 0 heterocycles. The van der Waals surface area contributed by atoms with E-state index in [0.717, 1.165) is 19.3 Å². The summed E-state index contributed by atoms with van der Waals surface area (Å²) in [5.41, 5.74) is 2.86. The minimum atomic E-state index is -0.0109. The number of Topliss-reactive ketones (excluding diaryl/α,β-unsaturated/α-hetero) is 1. The van der Waals surface area contributed by atoms with Crippen LogP contribution in [0.3, 0.4) is 0 Å². The molecule has 0 aliphatic heterocycles. The zero-order chi connectivity index (χ0) is 13.1. The van der Waals surface area contributed by atoms with Gasteiger partial charge >= 0.3 is 0 Å². The fourth-order valence-electron chi connectivity index (χ4n) is 2.52. The molecule has 0 N–H and O–H groups in total. The SMILES string of the molecule is C=CCC(/C=C1/C(C)=CCCC1(C)C)C(C)=O. The Hall–Kier alpha value is -1.11. The van der Waals surface area contributed by atoms with Crippen LogP contribution in [0.4, 0.5) is 0 Å². The van der Waals surface area contributed by atoms with Crippen molar-refractivity contribution in [3.8, 4) is 0 Å². The first-order valence-electron chi connectivity index (χ1n) is 6.39. The van der Waals surface area contributed by atoms with Crippen molar-refractivity contribution in [2.24, 2.45) is 11.3 Å². The molecule has 0 aromatic rings. The van der Waals surface area contributed by atoms with Crippen LogP contribution in [0.5, 0.6) is 0 Å². The molecule has 1 heteroatoms. The van der Waals surface area contributed by atoms with Crippen molar-refractivity contribution >= 4 is 5.78 Å². The molecule has 1 aliphatic carbocycles. The maximum absolute atomic E-state index is 11.6. The number of allylic oxidation sites excluding steroid dienone is 5. The molecule has 0 aromatic carbocycles. The molecule has 17 heavy (non-hydrogen) atoms. The van der Waals surface area contributed by atoms with Gasteiger partial charge in [0.05, 0.1) is 0 Å². The number of carbonyl (C=O) groups is 1. The normalized spacial score (nSPS) is 23.1. The largest absolute Gasteiger partial charge is 0.299 e. The second-order valence-corrected chi connectivity index (χ2v) is 5.63. The van der Waals surface area contributed by atoms with Crippen LogP contribution in [0.1, 0.15) is 47.0 Å². The predicted octanol–water partition coefficient (Wildman–Crippen LogP) is 4.46. The number of hydrogen-bond acceptors (Lipinski definition) is 1. The fourth-order valence-corrected chi connectivity index (χ4v) is 2.52. The van der Waals surface area contributed by atoms with Crippen LogP contribution in [0, 0.1) is 11.3 Å². The Morgan fingerprint density at radius 3 is 2.71 bits per heavy atom. The molecule has 1 atom stereocenters. The Balaban J connectivity index is 3.08. The lowest BCUT2D eigenvalue weighted by Gasteiger charge is -2.33. The van der Waals surface area contributed by atoms with Gasteiger partial charge in [0.2, 0.25) is 0 Å². The standard InChI is InChI=1S/C16H24O/c1-6-8-14(13(3)17)11-15-12(2)9-7-10-16(15,4)5/h6,9,11,14H,1,7-8,10H2,2-5H3/b15-11-. The van der Waals surface area contributed by atoms with Crippen molar-refractivity contribution in [3.05, 3.63) is 36.0 Å². The molecule has 0 aromatic heterocycles.